The molecule has 0 amide bonds. The van der Waals surface area contributed by atoms with Crippen LogP contribution in [0, 0.1) is 5.82 Å². The number of Topliss-reactive ketones (excluding diaryl/α,β-unsaturated/α-hetero) is 1. The molecule has 2 atom stereocenters. The lowest BCUT2D eigenvalue weighted by Gasteiger charge is -2.16. The minimum absolute atomic E-state index is 0.157. The Hall–Kier alpha value is -2.51. The highest BCUT2D eigenvalue weighted by Crippen LogP contribution is 2.28. The van der Waals surface area contributed by atoms with Gasteiger partial charge in [0.05, 0.1) is 0 Å². The quantitative estimate of drug-likeness (QED) is 0.332. The molecule has 1 N–H and O–H groups in total. The third kappa shape index (κ3) is 5.50. The molecule has 1 unspecified atom stereocenters. The van der Waals surface area contributed by atoms with Crippen molar-refractivity contribution in [1.29, 1.82) is 0 Å². The smallest absolute Gasteiger partial charge is 0.330 e. The van der Waals surface area contributed by atoms with Gasteiger partial charge < -0.3 is 10.1 Å². The van der Waals surface area contributed by atoms with Gasteiger partial charge in [-0.05, 0) is 55.8 Å². The lowest BCUT2D eigenvalue weighted by molar-refractivity contribution is -0.160. The van der Waals surface area contributed by atoms with Gasteiger partial charge in [0.2, 0.25) is 0 Å². The molecule has 5 nitrogen and oxygen atoms in total. The van der Waals surface area contributed by atoms with Crippen molar-refractivity contribution < 1.29 is 23.5 Å². The summed E-state index contributed by atoms with van der Waals surface area (Å²) in [5.74, 6) is -2.13. The van der Waals surface area contributed by atoms with Crippen LogP contribution in [-0.4, -0.2) is 35.6 Å². The number of thioether (sulfide) groups is 1. The predicted molar refractivity (Wildman–Crippen MR) is 104 cm³/mol. The van der Waals surface area contributed by atoms with Crippen molar-refractivity contribution in [2.45, 2.75) is 35.4 Å². The van der Waals surface area contributed by atoms with E-state index in [-0.39, 0.29) is 12.2 Å². The summed E-state index contributed by atoms with van der Waals surface area (Å²) in [5.41, 5.74) is 0.302. The number of ether oxygens (including phenoxy) is 1. The van der Waals surface area contributed by atoms with Gasteiger partial charge in [0.15, 0.2) is 5.78 Å². The first-order chi connectivity index (χ1) is 13.5. The average Bonchev–Trinajstić information content (AvgIpc) is 3.23. The summed E-state index contributed by atoms with van der Waals surface area (Å²) in [5, 5.41) is 2.10. The van der Waals surface area contributed by atoms with E-state index in [0.29, 0.717) is 18.5 Å². The van der Waals surface area contributed by atoms with Crippen LogP contribution in [0.15, 0.2) is 59.5 Å². The summed E-state index contributed by atoms with van der Waals surface area (Å²) in [4.78, 5) is 38.1. The highest BCUT2D eigenvalue weighted by Gasteiger charge is 2.31. The van der Waals surface area contributed by atoms with E-state index in [0.717, 1.165) is 11.3 Å². The number of hydrogen-bond donors (Lipinski definition) is 1. The first-order valence-electron chi connectivity index (χ1n) is 9.02. The Labute approximate surface area is 166 Å². The van der Waals surface area contributed by atoms with E-state index in [1.807, 2.05) is 30.3 Å². The molecule has 1 saturated heterocycles. The van der Waals surface area contributed by atoms with Gasteiger partial charge in [0.25, 0.3) is 0 Å². The van der Waals surface area contributed by atoms with Crippen LogP contribution in [0.3, 0.4) is 0 Å². The zero-order valence-corrected chi connectivity index (χ0v) is 15.9. The molecule has 28 heavy (non-hydrogen) atoms. The second-order valence-electron chi connectivity index (χ2n) is 6.44. The van der Waals surface area contributed by atoms with Crippen LogP contribution >= 0.6 is 11.8 Å². The van der Waals surface area contributed by atoms with Crippen LogP contribution in [-0.2, 0) is 14.3 Å². The van der Waals surface area contributed by atoms with Crippen LogP contribution < -0.4 is 5.32 Å². The van der Waals surface area contributed by atoms with Crippen LogP contribution in [0.5, 0.6) is 0 Å². The second-order valence-corrected chi connectivity index (χ2v) is 7.72. The highest BCUT2D eigenvalue weighted by molar-refractivity contribution is 8.00. The Morgan fingerprint density at radius 3 is 2.46 bits per heavy atom. The summed E-state index contributed by atoms with van der Waals surface area (Å²) in [6, 6.07) is 13.8. The number of halogens is 1. The maximum absolute atomic E-state index is 13.1. The van der Waals surface area contributed by atoms with Crippen molar-refractivity contribution in [2.75, 3.05) is 6.54 Å². The zero-order valence-electron chi connectivity index (χ0n) is 15.1. The molecular weight excluding hydrogens is 381 g/mol. The molecule has 3 rings (SSSR count). The second kappa shape index (κ2) is 9.61. The van der Waals surface area contributed by atoms with Gasteiger partial charge in [-0.3, -0.25) is 9.59 Å². The van der Waals surface area contributed by atoms with Gasteiger partial charge in [0, 0.05) is 16.9 Å². The molecule has 1 fully saturated rings. The SMILES string of the molecule is O=C(CC(Sc1ccccc1)C(=O)OC(=O)[C@@H]1CCCN1)c1ccc(F)cc1. The molecule has 2 aromatic rings. The number of benzene rings is 2. The van der Waals surface area contributed by atoms with Gasteiger partial charge >= 0.3 is 11.9 Å². The molecule has 0 spiro atoms. The van der Waals surface area contributed by atoms with E-state index in [4.69, 9.17) is 4.74 Å². The molecule has 0 saturated carbocycles. The van der Waals surface area contributed by atoms with Gasteiger partial charge in [-0.25, -0.2) is 9.18 Å². The number of nitrogens with one attached hydrogen (secondary N) is 1. The van der Waals surface area contributed by atoms with Crippen molar-refractivity contribution >= 4 is 29.5 Å². The maximum Gasteiger partial charge on any atom is 0.330 e. The molecule has 1 heterocycles. The summed E-state index contributed by atoms with van der Waals surface area (Å²) >= 11 is 1.17. The van der Waals surface area contributed by atoms with Gasteiger partial charge in [0.1, 0.15) is 17.1 Å². The third-order valence-electron chi connectivity index (χ3n) is 4.37. The van der Waals surface area contributed by atoms with Crippen LogP contribution in [0.1, 0.15) is 29.6 Å². The summed E-state index contributed by atoms with van der Waals surface area (Å²) in [7, 11) is 0. The molecule has 0 radical (unpaired) electrons. The Bertz CT molecular complexity index is 835. The fraction of sp³-hybridized carbons (Fsp3) is 0.286. The predicted octanol–water partition coefficient (Wildman–Crippen LogP) is 3.38. The minimum Gasteiger partial charge on any atom is -0.391 e. The summed E-state index contributed by atoms with van der Waals surface area (Å²) < 4.78 is 18.1. The third-order valence-corrected chi connectivity index (χ3v) is 5.56. The van der Waals surface area contributed by atoms with E-state index in [2.05, 4.69) is 5.32 Å². The fourth-order valence-electron chi connectivity index (χ4n) is 2.88. The maximum atomic E-state index is 13.1. The molecule has 0 aliphatic carbocycles. The zero-order chi connectivity index (χ0) is 19.9. The molecule has 7 heteroatoms. The standard InChI is InChI=1S/C21H20FNO4S/c22-15-10-8-14(9-11-15)18(24)13-19(28-16-5-2-1-3-6-16)21(26)27-20(25)17-7-4-12-23-17/h1-3,5-6,8-11,17,19,23H,4,7,12-13H2/t17-,19?/m0/s1. The first-order valence-corrected chi connectivity index (χ1v) is 9.90. The largest absolute Gasteiger partial charge is 0.391 e. The number of esters is 2. The average molecular weight is 401 g/mol. The molecule has 1 aliphatic rings. The number of carbonyl (C=O) groups excluding carboxylic acids is 3. The van der Waals surface area contributed by atoms with Crippen molar-refractivity contribution in [3.8, 4) is 0 Å². The normalized spacial score (nSPS) is 17.1. The van der Waals surface area contributed by atoms with Gasteiger partial charge in [-0.2, -0.15) is 0 Å². The summed E-state index contributed by atoms with van der Waals surface area (Å²) in [6.07, 6.45) is 1.31. The van der Waals surface area contributed by atoms with Crippen LogP contribution in [0.25, 0.3) is 0 Å². The number of ketones is 1. The fourth-order valence-corrected chi connectivity index (χ4v) is 3.90. The Kier molecular flexibility index (Phi) is 6.95. The van der Waals surface area contributed by atoms with Crippen LogP contribution in [0.4, 0.5) is 4.39 Å². The van der Waals surface area contributed by atoms with Crippen molar-refractivity contribution in [3.63, 3.8) is 0 Å². The van der Waals surface area contributed by atoms with E-state index in [1.54, 1.807) is 0 Å². The van der Waals surface area contributed by atoms with E-state index in [1.165, 1.54) is 36.0 Å². The first kappa shape index (κ1) is 20.2. The number of carbonyl (C=O) groups is 3. The van der Waals surface area contributed by atoms with E-state index in [9.17, 15) is 18.8 Å². The Balaban J connectivity index is 1.71. The van der Waals surface area contributed by atoms with E-state index < -0.39 is 29.0 Å². The lowest BCUT2D eigenvalue weighted by atomic mass is 10.1. The van der Waals surface area contributed by atoms with Crippen molar-refractivity contribution in [3.05, 3.63) is 66.0 Å². The monoisotopic (exact) mass is 401 g/mol. The van der Waals surface area contributed by atoms with Gasteiger partial charge in [-0.15, -0.1) is 11.8 Å². The Morgan fingerprint density at radius 1 is 1.11 bits per heavy atom. The molecular formula is C21H20FNO4S. The summed E-state index contributed by atoms with van der Waals surface area (Å²) in [6.45, 7) is 0.708. The van der Waals surface area contributed by atoms with E-state index >= 15 is 0 Å². The molecule has 146 valence electrons. The molecule has 1 aliphatic heterocycles. The molecule has 2 aromatic carbocycles. The molecule has 0 aromatic heterocycles. The van der Waals surface area contributed by atoms with Crippen molar-refractivity contribution in [1.82, 2.24) is 5.32 Å². The minimum atomic E-state index is -0.884. The highest BCUT2D eigenvalue weighted by atomic mass is 32.2. The topological polar surface area (TPSA) is 72.5 Å². The van der Waals surface area contributed by atoms with Gasteiger partial charge in [-0.1, -0.05) is 18.2 Å². The van der Waals surface area contributed by atoms with Crippen molar-refractivity contribution in [2.24, 2.45) is 0 Å². The van der Waals surface area contributed by atoms with Crippen LogP contribution in [0.2, 0.25) is 0 Å². The number of hydrogen-bond acceptors (Lipinski definition) is 6. The molecule has 0 bridgehead atoms. The Morgan fingerprint density at radius 2 is 1.82 bits per heavy atom. The number of rotatable bonds is 7. The lowest BCUT2D eigenvalue weighted by Crippen LogP contribution is -2.36.